The number of methoxy groups -OCH3 is 1. The monoisotopic (exact) mass is 354 g/mol. The average Bonchev–Trinajstić information content (AvgIpc) is 2.67. The van der Waals surface area contributed by atoms with E-state index < -0.39 is 5.41 Å². The van der Waals surface area contributed by atoms with Crippen molar-refractivity contribution < 1.29 is 14.3 Å². The van der Waals surface area contributed by atoms with Gasteiger partial charge in [0.25, 0.3) is 0 Å². The molecule has 1 N–H and O–H groups in total. The third kappa shape index (κ3) is 4.63. The topological polar surface area (TPSA) is 58.6 Å². The Morgan fingerprint density at radius 1 is 1.08 bits per heavy atom. The maximum atomic E-state index is 12.8. The number of rotatable bonds is 7. The standard InChI is InChI=1S/C21H26N2O3/c1-21(2,20(25)23(3)17-10-6-5-7-11-17)19(24)22-14-13-16-9-8-12-18(15-16)26-4/h5-12,15H,13-14H2,1-4H3,(H,22,24). The second-order valence-electron chi connectivity index (χ2n) is 6.68. The average molecular weight is 354 g/mol. The summed E-state index contributed by atoms with van der Waals surface area (Å²) in [6.07, 6.45) is 0.668. The third-order valence-electron chi connectivity index (χ3n) is 4.38. The Hall–Kier alpha value is -2.82. The molecule has 0 unspecified atom stereocenters. The highest BCUT2D eigenvalue weighted by molar-refractivity contribution is 6.10. The lowest BCUT2D eigenvalue weighted by molar-refractivity contribution is -0.139. The lowest BCUT2D eigenvalue weighted by Gasteiger charge is -2.28. The summed E-state index contributed by atoms with van der Waals surface area (Å²) in [4.78, 5) is 26.9. The summed E-state index contributed by atoms with van der Waals surface area (Å²) in [5, 5.41) is 2.87. The van der Waals surface area contributed by atoms with Gasteiger partial charge >= 0.3 is 0 Å². The predicted octanol–water partition coefficient (Wildman–Crippen LogP) is 3.04. The van der Waals surface area contributed by atoms with Crippen molar-refractivity contribution in [2.24, 2.45) is 5.41 Å². The van der Waals surface area contributed by atoms with Gasteiger partial charge in [-0.25, -0.2) is 0 Å². The van der Waals surface area contributed by atoms with Gasteiger partial charge in [0.15, 0.2) is 0 Å². The minimum absolute atomic E-state index is 0.248. The molecule has 0 saturated carbocycles. The lowest BCUT2D eigenvalue weighted by Crippen LogP contribution is -2.49. The first-order valence-electron chi connectivity index (χ1n) is 8.60. The Labute approximate surface area is 155 Å². The number of ether oxygens (including phenoxy) is 1. The van der Waals surface area contributed by atoms with Gasteiger partial charge in [0, 0.05) is 19.3 Å². The van der Waals surface area contributed by atoms with E-state index in [9.17, 15) is 9.59 Å². The highest BCUT2D eigenvalue weighted by atomic mass is 16.5. The van der Waals surface area contributed by atoms with Crippen LogP contribution in [0.1, 0.15) is 19.4 Å². The van der Waals surface area contributed by atoms with E-state index in [0.717, 1.165) is 17.0 Å². The molecule has 0 spiro atoms. The van der Waals surface area contributed by atoms with Crippen molar-refractivity contribution in [2.45, 2.75) is 20.3 Å². The van der Waals surface area contributed by atoms with Crippen molar-refractivity contribution in [1.82, 2.24) is 5.32 Å². The fourth-order valence-corrected chi connectivity index (χ4v) is 2.65. The second kappa shape index (κ2) is 8.52. The number of hydrogen-bond donors (Lipinski definition) is 1. The van der Waals surface area contributed by atoms with Gasteiger partial charge in [0.05, 0.1) is 7.11 Å². The van der Waals surface area contributed by atoms with Gasteiger partial charge in [-0.3, -0.25) is 9.59 Å². The van der Waals surface area contributed by atoms with E-state index in [2.05, 4.69) is 5.32 Å². The van der Waals surface area contributed by atoms with E-state index >= 15 is 0 Å². The zero-order valence-corrected chi connectivity index (χ0v) is 15.8. The van der Waals surface area contributed by atoms with Crippen LogP contribution in [0.4, 0.5) is 5.69 Å². The Balaban J connectivity index is 1.95. The zero-order valence-electron chi connectivity index (χ0n) is 15.8. The first-order valence-corrected chi connectivity index (χ1v) is 8.60. The predicted molar refractivity (Wildman–Crippen MR) is 103 cm³/mol. The van der Waals surface area contributed by atoms with Gasteiger partial charge in [-0.15, -0.1) is 0 Å². The van der Waals surface area contributed by atoms with Gasteiger partial charge in [0.1, 0.15) is 11.2 Å². The SMILES string of the molecule is COc1cccc(CCNC(=O)C(C)(C)C(=O)N(C)c2ccccc2)c1. The maximum absolute atomic E-state index is 12.8. The normalized spacial score (nSPS) is 10.9. The van der Waals surface area contributed by atoms with E-state index in [-0.39, 0.29) is 11.8 Å². The molecule has 0 aromatic heterocycles. The van der Waals surface area contributed by atoms with Crippen LogP contribution in [0.2, 0.25) is 0 Å². The van der Waals surface area contributed by atoms with Crippen LogP contribution in [0.5, 0.6) is 5.75 Å². The number of nitrogens with zero attached hydrogens (tertiary/aromatic N) is 1. The van der Waals surface area contributed by atoms with Crippen molar-refractivity contribution in [3.8, 4) is 5.75 Å². The van der Waals surface area contributed by atoms with E-state index in [0.29, 0.717) is 13.0 Å². The van der Waals surface area contributed by atoms with Gasteiger partial charge in [-0.05, 0) is 50.1 Å². The van der Waals surface area contributed by atoms with E-state index in [4.69, 9.17) is 4.74 Å². The largest absolute Gasteiger partial charge is 0.497 e. The van der Waals surface area contributed by atoms with Gasteiger partial charge in [-0.2, -0.15) is 0 Å². The maximum Gasteiger partial charge on any atom is 0.241 e. The molecule has 0 aliphatic carbocycles. The molecule has 0 aliphatic rings. The Morgan fingerprint density at radius 2 is 1.77 bits per heavy atom. The molecular weight excluding hydrogens is 328 g/mol. The first-order chi connectivity index (χ1) is 12.4. The molecule has 0 fully saturated rings. The zero-order chi connectivity index (χ0) is 19.2. The summed E-state index contributed by atoms with van der Waals surface area (Å²) in [5.74, 6) is 0.254. The number of carbonyl (C=O) groups excluding carboxylic acids is 2. The number of benzene rings is 2. The van der Waals surface area contributed by atoms with E-state index in [1.807, 2.05) is 54.6 Å². The molecule has 0 saturated heterocycles. The Morgan fingerprint density at radius 3 is 2.42 bits per heavy atom. The summed E-state index contributed by atoms with van der Waals surface area (Å²) < 4.78 is 5.20. The quantitative estimate of drug-likeness (QED) is 0.778. The molecule has 26 heavy (non-hydrogen) atoms. The fourth-order valence-electron chi connectivity index (χ4n) is 2.65. The summed E-state index contributed by atoms with van der Waals surface area (Å²) in [7, 11) is 3.31. The van der Waals surface area contributed by atoms with Gasteiger partial charge in [0.2, 0.25) is 11.8 Å². The van der Waals surface area contributed by atoms with Crippen molar-refractivity contribution in [3.63, 3.8) is 0 Å². The van der Waals surface area contributed by atoms with Crippen LogP contribution in [0.3, 0.4) is 0 Å². The van der Waals surface area contributed by atoms with Gasteiger partial charge in [-0.1, -0.05) is 30.3 Å². The number of para-hydroxylation sites is 1. The molecule has 0 heterocycles. The number of carbonyl (C=O) groups is 2. The number of amides is 2. The molecule has 2 aromatic carbocycles. The molecule has 2 aromatic rings. The fraction of sp³-hybridized carbons (Fsp3) is 0.333. The summed E-state index contributed by atoms with van der Waals surface area (Å²) in [6.45, 7) is 3.75. The van der Waals surface area contributed by atoms with Crippen molar-refractivity contribution in [2.75, 3.05) is 25.6 Å². The molecule has 138 valence electrons. The summed E-state index contributed by atoms with van der Waals surface area (Å²) in [5.41, 5.74) is 0.670. The van der Waals surface area contributed by atoms with Crippen molar-refractivity contribution in [3.05, 3.63) is 60.2 Å². The number of hydrogen-bond acceptors (Lipinski definition) is 3. The highest BCUT2D eigenvalue weighted by Gasteiger charge is 2.38. The van der Waals surface area contributed by atoms with Crippen LogP contribution in [-0.4, -0.2) is 32.5 Å². The van der Waals surface area contributed by atoms with Crippen molar-refractivity contribution in [1.29, 1.82) is 0 Å². The number of nitrogens with one attached hydrogen (secondary N) is 1. The van der Waals surface area contributed by atoms with Crippen LogP contribution >= 0.6 is 0 Å². The summed E-state index contributed by atoms with van der Waals surface area (Å²) in [6, 6.07) is 17.0. The van der Waals surface area contributed by atoms with Crippen LogP contribution in [-0.2, 0) is 16.0 Å². The first kappa shape index (κ1) is 19.5. The van der Waals surface area contributed by atoms with E-state index in [1.54, 1.807) is 28.0 Å². The molecule has 0 radical (unpaired) electrons. The molecule has 0 bridgehead atoms. The Bertz CT molecular complexity index is 757. The lowest BCUT2D eigenvalue weighted by atomic mass is 9.90. The summed E-state index contributed by atoms with van der Waals surface area (Å²) >= 11 is 0. The van der Waals surface area contributed by atoms with Crippen LogP contribution in [0.15, 0.2) is 54.6 Å². The second-order valence-corrected chi connectivity index (χ2v) is 6.68. The van der Waals surface area contributed by atoms with Crippen LogP contribution in [0, 0.1) is 5.41 Å². The molecular formula is C21H26N2O3. The Kier molecular flexibility index (Phi) is 6.39. The van der Waals surface area contributed by atoms with E-state index in [1.165, 1.54) is 4.90 Å². The smallest absolute Gasteiger partial charge is 0.241 e. The minimum atomic E-state index is -1.15. The molecule has 0 aliphatic heterocycles. The molecule has 0 atom stereocenters. The molecule has 2 amide bonds. The van der Waals surface area contributed by atoms with Gasteiger partial charge < -0.3 is 15.0 Å². The molecule has 5 heteroatoms. The van der Waals surface area contributed by atoms with Crippen LogP contribution in [0.25, 0.3) is 0 Å². The highest BCUT2D eigenvalue weighted by Crippen LogP contribution is 2.23. The molecule has 5 nitrogen and oxygen atoms in total. The van der Waals surface area contributed by atoms with Crippen molar-refractivity contribution >= 4 is 17.5 Å². The minimum Gasteiger partial charge on any atom is -0.497 e. The third-order valence-corrected chi connectivity index (χ3v) is 4.38. The van der Waals surface area contributed by atoms with Crippen LogP contribution < -0.4 is 15.0 Å². The molecule has 2 rings (SSSR count). The number of anilines is 1.